The quantitative estimate of drug-likeness (QED) is 0.535. The fourth-order valence-electron chi connectivity index (χ4n) is 3.33. The Bertz CT molecular complexity index is 1180. The van der Waals surface area contributed by atoms with Gasteiger partial charge in [0.1, 0.15) is 11.5 Å². The molecule has 144 valence electrons. The SMILES string of the molecule is CCC(C)N(Cc1cn2cc(Cl)ccc2n1)Cc1nc2ccccc2c(=O)[nH]1. The van der Waals surface area contributed by atoms with E-state index < -0.39 is 0 Å². The van der Waals surface area contributed by atoms with Gasteiger partial charge in [-0.1, -0.05) is 30.7 Å². The summed E-state index contributed by atoms with van der Waals surface area (Å²) >= 11 is 6.08. The summed E-state index contributed by atoms with van der Waals surface area (Å²) in [7, 11) is 0. The molecule has 0 fully saturated rings. The number of hydrogen-bond donors (Lipinski definition) is 1. The van der Waals surface area contributed by atoms with E-state index in [4.69, 9.17) is 11.6 Å². The maximum Gasteiger partial charge on any atom is 0.258 e. The van der Waals surface area contributed by atoms with Crippen molar-refractivity contribution in [3.05, 3.63) is 75.7 Å². The van der Waals surface area contributed by atoms with Crippen LogP contribution in [0.25, 0.3) is 16.6 Å². The van der Waals surface area contributed by atoms with Crippen molar-refractivity contribution >= 4 is 28.2 Å². The Labute approximate surface area is 167 Å². The van der Waals surface area contributed by atoms with Crippen molar-refractivity contribution in [2.45, 2.75) is 39.4 Å². The Hall–Kier alpha value is -2.70. The van der Waals surface area contributed by atoms with Crippen LogP contribution in [0.3, 0.4) is 0 Å². The van der Waals surface area contributed by atoms with Crippen molar-refractivity contribution in [1.82, 2.24) is 24.3 Å². The van der Waals surface area contributed by atoms with Gasteiger partial charge in [-0.25, -0.2) is 9.97 Å². The lowest BCUT2D eigenvalue weighted by Crippen LogP contribution is -2.33. The van der Waals surface area contributed by atoms with Crippen LogP contribution in [-0.2, 0) is 13.1 Å². The average Bonchev–Trinajstić information content (AvgIpc) is 3.08. The van der Waals surface area contributed by atoms with Gasteiger partial charge in [0.25, 0.3) is 5.56 Å². The highest BCUT2D eigenvalue weighted by Gasteiger charge is 2.17. The van der Waals surface area contributed by atoms with E-state index in [1.165, 1.54) is 0 Å². The minimum Gasteiger partial charge on any atom is -0.309 e. The first-order valence-electron chi connectivity index (χ1n) is 9.38. The van der Waals surface area contributed by atoms with E-state index in [0.717, 1.165) is 17.8 Å². The van der Waals surface area contributed by atoms with E-state index in [1.807, 2.05) is 47.1 Å². The van der Waals surface area contributed by atoms with Gasteiger partial charge in [0.15, 0.2) is 0 Å². The lowest BCUT2D eigenvalue weighted by molar-refractivity contribution is 0.179. The molecule has 4 aromatic rings. The van der Waals surface area contributed by atoms with E-state index in [2.05, 4.69) is 33.7 Å². The maximum atomic E-state index is 12.4. The second-order valence-corrected chi connectivity index (χ2v) is 7.47. The van der Waals surface area contributed by atoms with Crippen LogP contribution in [0.4, 0.5) is 0 Å². The van der Waals surface area contributed by atoms with Gasteiger partial charge in [0, 0.05) is 25.0 Å². The number of nitrogens with zero attached hydrogens (tertiary/aromatic N) is 4. The first-order valence-corrected chi connectivity index (χ1v) is 9.76. The molecule has 0 bridgehead atoms. The van der Waals surface area contributed by atoms with Gasteiger partial charge in [-0.3, -0.25) is 9.69 Å². The standard InChI is InChI=1S/C21H22ClN5O/c1-3-14(2)26(11-16-12-27-10-15(22)8-9-20(27)23-16)13-19-24-18-7-5-4-6-17(18)21(28)25-19/h4-10,12,14H,3,11,13H2,1-2H3,(H,24,25,28). The first kappa shape index (κ1) is 18.7. The van der Waals surface area contributed by atoms with Crippen molar-refractivity contribution in [2.75, 3.05) is 0 Å². The fraction of sp³-hybridized carbons (Fsp3) is 0.286. The summed E-state index contributed by atoms with van der Waals surface area (Å²) in [6, 6.07) is 11.5. The monoisotopic (exact) mass is 395 g/mol. The molecule has 3 aromatic heterocycles. The minimum atomic E-state index is -0.105. The maximum absolute atomic E-state index is 12.4. The van der Waals surface area contributed by atoms with E-state index in [-0.39, 0.29) is 5.56 Å². The Morgan fingerprint density at radius 2 is 1.96 bits per heavy atom. The van der Waals surface area contributed by atoms with Crippen molar-refractivity contribution in [1.29, 1.82) is 0 Å². The highest BCUT2D eigenvalue weighted by atomic mass is 35.5. The topological polar surface area (TPSA) is 66.3 Å². The highest BCUT2D eigenvalue weighted by Crippen LogP contribution is 2.16. The molecule has 0 amide bonds. The third-order valence-corrected chi connectivity index (χ3v) is 5.28. The van der Waals surface area contributed by atoms with Crippen molar-refractivity contribution in [3.63, 3.8) is 0 Å². The number of fused-ring (bicyclic) bond motifs is 2. The largest absolute Gasteiger partial charge is 0.309 e. The Morgan fingerprint density at radius 1 is 1.14 bits per heavy atom. The van der Waals surface area contributed by atoms with Crippen LogP contribution in [0.2, 0.25) is 5.02 Å². The van der Waals surface area contributed by atoms with Crippen LogP contribution in [-0.4, -0.2) is 30.3 Å². The number of rotatable bonds is 6. The average molecular weight is 396 g/mol. The zero-order valence-corrected chi connectivity index (χ0v) is 16.6. The van der Waals surface area contributed by atoms with Crippen LogP contribution in [0, 0.1) is 0 Å². The molecule has 0 aliphatic rings. The van der Waals surface area contributed by atoms with Gasteiger partial charge in [-0.05, 0) is 37.6 Å². The van der Waals surface area contributed by atoms with Crippen LogP contribution < -0.4 is 5.56 Å². The third kappa shape index (κ3) is 3.79. The molecule has 28 heavy (non-hydrogen) atoms. The Morgan fingerprint density at radius 3 is 2.79 bits per heavy atom. The predicted molar refractivity (Wildman–Crippen MR) is 112 cm³/mol. The molecule has 1 aromatic carbocycles. The number of para-hydroxylation sites is 1. The molecule has 0 aliphatic carbocycles. The molecule has 0 radical (unpaired) electrons. The Balaban J connectivity index is 1.63. The van der Waals surface area contributed by atoms with Crippen molar-refractivity contribution in [3.8, 4) is 0 Å². The number of imidazole rings is 1. The van der Waals surface area contributed by atoms with Gasteiger partial charge >= 0.3 is 0 Å². The molecule has 1 atom stereocenters. The van der Waals surface area contributed by atoms with Gasteiger partial charge < -0.3 is 9.38 Å². The van der Waals surface area contributed by atoms with E-state index >= 15 is 0 Å². The molecule has 1 N–H and O–H groups in total. The molecule has 0 aliphatic heterocycles. The number of aromatic nitrogens is 4. The van der Waals surface area contributed by atoms with Crippen LogP contribution in [0.1, 0.15) is 31.8 Å². The summed E-state index contributed by atoms with van der Waals surface area (Å²) in [5, 5.41) is 1.28. The molecule has 0 saturated carbocycles. The zero-order valence-electron chi connectivity index (χ0n) is 15.9. The summed E-state index contributed by atoms with van der Waals surface area (Å²) in [4.78, 5) is 26.9. The molecule has 0 saturated heterocycles. The molecule has 4 rings (SSSR count). The minimum absolute atomic E-state index is 0.105. The third-order valence-electron chi connectivity index (χ3n) is 5.06. The second kappa shape index (κ2) is 7.73. The van der Waals surface area contributed by atoms with Crippen molar-refractivity contribution < 1.29 is 0 Å². The van der Waals surface area contributed by atoms with Crippen LogP contribution in [0.15, 0.2) is 53.6 Å². The van der Waals surface area contributed by atoms with Gasteiger partial charge in [0.05, 0.1) is 28.2 Å². The molecular formula is C21H22ClN5O. The van der Waals surface area contributed by atoms with Gasteiger partial charge in [-0.15, -0.1) is 0 Å². The first-order chi connectivity index (χ1) is 13.5. The zero-order chi connectivity index (χ0) is 19.7. The number of benzene rings is 1. The molecule has 0 spiro atoms. The smallest absolute Gasteiger partial charge is 0.258 e. The van der Waals surface area contributed by atoms with E-state index in [1.54, 1.807) is 6.07 Å². The normalized spacial score (nSPS) is 12.9. The second-order valence-electron chi connectivity index (χ2n) is 7.04. The van der Waals surface area contributed by atoms with Gasteiger partial charge in [0.2, 0.25) is 0 Å². The fourth-order valence-corrected chi connectivity index (χ4v) is 3.50. The van der Waals surface area contributed by atoms with Crippen LogP contribution >= 0.6 is 11.6 Å². The number of pyridine rings is 1. The number of aromatic amines is 1. The summed E-state index contributed by atoms with van der Waals surface area (Å²) in [6.45, 7) is 5.53. The summed E-state index contributed by atoms with van der Waals surface area (Å²) in [5.74, 6) is 0.663. The summed E-state index contributed by atoms with van der Waals surface area (Å²) in [5.41, 5.74) is 2.42. The molecule has 1 unspecified atom stereocenters. The number of hydrogen-bond acceptors (Lipinski definition) is 4. The lowest BCUT2D eigenvalue weighted by Gasteiger charge is -2.27. The van der Waals surface area contributed by atoms with Crippen molar-refractivity contribution in [2.24, 2.45) is 0 Å². The molecular weight excluding hydrogens is 374 g/mol. The number of nitrogens with one attached hydrogen (secondary N) is 1. The van der Waals surface area contributed by atoms with Crippen LogP contribution in [0.5, 0.6) is 0 Å². The lowest BCUT2D eigenvalue weighted by atomic mass is 10.2. The Kier molecular flexibility index (Phi) is 5.15. The van der Waals surface area contributed by atoms with Gasteiger partial charge in [-0.2, -0.15) is 0 Å². The number of halogens is 1. The summed E-state index contributed by atoms with van der Waals surface area (Å²) in [6.07, 6.45) is 4.83. The predicted octanol–water partition coefficient (Wildman–Crippen LogP) is 4.02. The number of H-pyrrole nitrogens is 1. The molecule has 7 heteroatoms. The highest BCUT2D eigenvalue weighted by molar-refractivity contribution is 6.30. The molecule has 6 nitrogen and oxygen atoms in total. The summed E-state index contributed by atoms with van der Waals surface area (Å²) < 4.78 is 1.93. The molecule has 3 heterocycles. The van der Waals surface area contributed by atoms with E-state index in [0.29, 0.717) is 40.9 Å². The van der Waals surface area contributed by atoms with E-state index in [9.17, 15) is 4.79 Å².